The van der Waals surface area contributed by atoms with Crippen LogP contribution in [0.1, 0.15) is 55.2 Å². The van der Waals surface area contributed by atoms with E-state index in [2.05, 4.69) is 31.4 Å². The van der Waals surface area contributed by atoms with Gasteiger partial charge in [0.15, 0.2) is 5.69 Å². The lowest BCUT2D eigenvalue weighted by Crippen LogP contribution is -2.47. The van der Waals surface area contributed by atoms with Crippen molar-refractivity contribution in [3.8, 4) is 0 Å². The van der Waals surface area contributed by atoms with Gasteiger partial charge in [-0.1, -0.05) is 13.8 Å². The van der Waals surface area contributed by atoms with E-state index < -0.39 is 5.60 Å². The Kier molecular flexibility index (Phi) is 3.77. The number of nitrogens with one attached hydrogen (secondary N) is 2. The van der Waals surface area contributed by atoms with E-state index >= 15 is 0 Å². The topological polar surface area (TPSA) is 78.0 Å². The van der Waals surface area contributed by atoms with Crippen LogP contribution < -0.4 is 5.32 Å². The molecule has 100 valence electrons. The number of aliphatic hydroxyl groups is 1. The van der Waals surface area contributed by atoms with Gasteiger partial charge in [-0.15, -0.1) is 0 Å². The lowest BCUT2D eigenvalue weighted by molar-refractivity contribution is -0.0300. The van der Waals surface area contributed by atoms with Crippen molar-refractivity contribution in [1.82, 2.24) is 15.5 Å². The molecule has 5 nitrogen and oxygen atoms in total. The van der Waals surface area contributed by atoms with Gasteiger partial charge in [-0.05, 0) is 41.1 Å². The molecule has 1 fully saturated rings. The third-order valence-electron chi connectivity index (χ3n) is 3.39. The molecular formula is C12H18BrN3O2. The summed E-state index contributed by atoms with van der Waals surface area (Å²) in [5, 5.41) is 19.5. The van der Waals surface area contributed by atoms with Crippen molar-refractivity contribution in [2.45, 2.75) is 44.6 Å². The number of amides is 1. The van der Waals surface area contributed by atoms with Crippen LogP contribution in [0.2, 0.25) is 0 Å². The highest BCUT2D eigenvalue weighted by Crippen LogP contribution is 2.31. The van der Waals surface area contributed by atoms with Crippen LogP contribution in [0.3, 0.4) is 0 Å². The molecule has 0 radical (unpaired) electrons. The average Bonchev–Trinajstić information content (AvgIpc) is 2.65. The smallest absolute Gasteiger partial charge is 0.273 e. The van der Waals surface area contributed by atoms with E-state index in [4.69, 9.17) is 0 Å². The number of carbonyl (C=O) groups is 1. The molecule has 1 aromatic heterocycles. The second-order valence-corrected chi connectivity index (χ2v) is 6.01. The molecule has 2 rings (SSSR count). The van der Waals surface area contributed by atoms with Crippen LogP contribution in [-0.4, -0.2) is 33.4 Å². The van der Waals surface area contributed by atoms with Crippen molar-refractivity contribution in [3.63, 3.8) is 0 Å². The maximum Gasteiger partial charge on any atom is 0.273 e. The highest BCUT2D eigenvalue weighted by molar-refractivity contribution is 9.10. The second-order valence-electron chi connectivity index (χ2n) is 5.22. The molecule has 0 atom stereocenters. The minimum absolute atomic E-state index is 0.259. The van der Waals surface area contributed by atoms with Crippen LogP contribution in [0.15, 0.2) is 4.47 Å². The zero-order chi connectivity index (χ0) is 13.3. The first kappa shape index (κ1) is 13.5. The van der Waals surface area contributed by atoms with Crippen LogP contribution >= 0.6 is 15.9 Å². The minimum Gasteiger partial charge on any atom is -0.388 e. The summed E-state index contributed by atoms with van der Waals surface area (Å²) in [7, 11) is 0. The van der Waals surface area contributed by atoms with E-state index in [1.807, 2.05) is 13.8 Å². The monoisotopic (exact) mass is 315 g/mol. The van der Waals surface area contributed by atoms with E-state index in [-0.39, 0.29) is 11.8 Å². The first-order chi connectivity index (χ1) is 8.43. The van der Waals surface area contributed by atoms with Crippen molar-refractivity contribution in [1.29, 1.82) is 0 Å². The van der Waals surface area contributed by atoms with Gasteiger partial charge in [-0.2, -0.15) is 5.10 Å². The molecule has 0 spiro atoms. The summed E-state index contributed by atoms with van der Waals surface area (Å²) in [6, 6.07) is 0. The summed E-state index contributed by atoms with van der Waals surface area (Å²) in [5.74, 6) is 0.00888. The van der Waals surface area contributed by atoms with Gasteiger partial charge in [0.1, 0.15) is 0 Å². The number of nitrogens with zero attached hydrogens (tertiary/aromatic N) is 1. The molecule has 0 aromatic carbocycles. The number of hydrogen-bond acceptors (Lipinski definition) is 3. The van der Waals surface area contributed by atoms with Crippen LogP contribution in [0, 0.1) is 0 Å². The van der Waals surface area contributed by atoms with Crippen LogP contribution in [0.25, 0.3) is 0 Å². The Morgan fingerprint density at radius 3 is 2.72 bits per heavy atom. The van der Waals surface area contributed by atoms with Gasteiger partial charge in [0.05, 0.1) is 15.8 Å². The van der Waals surface area contributed by atoms with Gasteiger partial charge in [-0.25, -0.2) is 0 Å². The van der Waals surface area contributed by atoms with E-state index in [0.29, 0.717) is 16.7 Å². The molecule has 1 heterocycles. The Morgan fingerprint density at radius 2 is 2.28 bits per heavy atom. The highest BCUT2D eigenvalue weighted by Gasteiger charge is 2.35. The van der Waals surface area contributed by atoms with E-state index in [9.17, 15) is 9.90 Å². The van der Waals surface area contributed by atoms with Crippen molar-refractivity contribution in [3.05, 3.63) is 15.9 Å². The van der Waals surface area contributed by atoms with Crippen molar-refractivity contribution >= 4 is 21.8 Å². The normalized spacial score (nSPS) is 17.6. The summed E-state index contributed by atoms with van der Waals surface area (Å²) in [5.41, 5.74) is 0.545. The number of rotatable bonds is 4. The highest BCUT2D eigenvalue weighted by atomic mass is 79.9. The van der Waals surface area contributed by atoms with Gasteiger partial charge in [0, 0.05) is 6.54 Å². The first-order valence-corrected chi connectivity index (χ1v) is 6.96. The summed E-state index contributed by atoms with van der Waals surface area (Å²) >= 11 is 3.39. The third kappa shape index (κ3) is 2.59. The maximum atomic E-state index is 12.0. The molecule has 1 amide bonds. The van der Waals surface area contributed by atoms with Gasteiger partial charge in [-0.3, -0.25) is 9.89 Å². The SMILES string of the molecule is CC(C)c1[nH]nc(C(=O)NCC2(O)CCC2)c1Br. The van der Waals surface area contributed by atoms with E-state index in [1.54, 1.807) is 0 Å². The molecular weight excluding hydrogens is 298 g/mol. The van der Waals surface area contributed by atoms with Crippen LogP contribution in [0.4, 0.5) is 0 Å². The lowest BCUT2D eigenvalue weighted by Gasteiger charge is -2.36. The third-order valence-corrected chi connectivity index (χ3v) is 4.19. The molecule has 1 aliphatic carbocycles. The largest absolute Gasteiger partial charge is 0.388 e. The first-order valence-electron chi connectivity index (χ1n) is 6.17. The van der Waals surface area contributed by atoms with E-state index in [1.165, 1.54) is 0 Å². The predicted molar refractivity (Wildman–Crippen MR) is 71.5 cm³/mol. The molecule has 0 unspecified atom stereocenters. The quantitative estimate of drug-likeness (QED) is 0.794. The lowest BCUT2D eigenvalue weighted by atomic mass is 9.80. The fraction of sp³-hybridized carbons (Fsp3) is 0.667. The second kappa shape index (κ2) is 5.01. The summed E-state index contributed by atoms with van der Waals surface area (Å²) in [4.78, 5) is 12.0. The number of aromatic amines is 1. The number of hydrogen-bond donors (Lipinski definition) is 3. The Bertz CT molecular complexity index is 452. The van der Waals surface area contributed by atoms with Gasteiger partial charge in [0.2, 0.25) is 0 Å². The summed E-state index contributed by atoms with van der Waals surface area (Å²) in [6.45, 7) is 4.34. The van der Waals surface area contributed by atoms with Crippen LogP contribution in [-0.2, 0) is 0 Å². The number of halogens is 1. The molecule has 6 heteroatoms. The molecule has 0 saturated heterocycles. The fourth-order valence-electron chi connectivity index (χ4n) is 1.97. The molecule has 1 aliphatic rings. The average molecular weight is 316 g/mol. The zero-order valence-corrected chi connectivity index (χ0v) is 12.2. The van der Waals surface area contributed by atoms with Crippen LogP contribution in [0.5, 0.6) is 0 Å². The Morgan fingerprint density at radius 1 is 1.61 bits per heavy atom. The van der Waals surface area contributed by atoms with Gasteiger partial charge < -0.3 is 10.4 Å². The van der Waals surface area contributed by atoms with Crippen molar-refractivity contribution in [2.75, 3.05) is 6.54 Å². The maximum absolute atomic E-state index is 12.0. The minimum atomic E-state index is -0.709. The fourth-order valence-corrected chi connectivity index (χ4v) is 2.78. The Balaban J connectivity index is 2.00. The number of H-pyrrole nitrogens is 1. The summed E-state index contributed by atoms with van der Waals surface area (Å²) in [6.07, 6.45) is 2.54. The predicted octanol–water partition coefficient (Wildman–Crippen LogP) is 1.94. The Labute approximate surface area is 114 Å². The van der Waals surface area contributed by atoms with Crippen molar-refractivity contribution in [2.24, 2.45) is 0 Å². The molecule has 1 aromatic rings. The van der Waals surface area contributed by atoms with Gasteiger partial charge >= 0.3 is 0 Å². The Hall–Kier alpha value is -0.880. The standard InChI is InChI=1S/C12H18BrN3O2/c1-7(2)9-8(13)10(16-15-9)11(17)14-6-12(18)4-3-5-12/h7,18H,3-6H2,1-2H3,(H,14,17)(H,15,16). The molecule has 0 bridgehead atoms. The molecule has 1 saturated carbocycles. The molecule has 3 N–H and O–H groups in total. The summed E-state index contributed by atoms with van der Waals surface area (Å²) < 4.78 is 0.704. The van der Waals surface area contributed by atoms with Gasteiger partial charge in [0.25, 0.3) is 5.91 Å². The molecule has 0 aliphatic heterocycles. The zero-order valence-electron chi connectivity index (χ0n) is 10.6. The molecule has 18 heavy (non-hydrogen) atoms. The number of carbonyl (C=O) groups excluding carboxylic acids is 1. The number of aromatic nitrogens is 2. The van der Waals surface area contributed by atoms with E-state index in [0.717, 1.165) is 25.0 Å². The van der Waals surface area contributed by atoms with Crippen molar-refractivity contribution < 1.29 is 9.90 Å².